The van der Waals surface area contributed by atoms with Crippen molar-refractivity contribution in [2.45, 2.75) is 10.9 Å². The van der Waals surface area contributed by atoms with Crippen molar-refractivity contribution in [3.8, 4) is 5.75 Å². The van der Waals surface area contributed by atoms with Gasteiger partial charge in [-0.3, -0.25) is 9.36 Å². The van der Waals surface area contributed by atoms with E-state index in [-0.39, 0.29) is 21.8 Å². The molecule has 1 aliphatic heterocycles. The van der Waals surface area contributed by atoms with Crippen molar-refractivity contribution in [2.24, 2.45) is 0 Å². The number of fused-ring (bicyclic) bond motifs is 1. The fraction of sp³-hybridized carbons (Fsp3) is 0.188. The van der Waals surface area contributed by atoms with E-state index in [9.17, 15) is 18.0 Å². The Kier molecular flexibility index (Phi) is 7.72. The SMILES string of the molecule is COc1ccc(S(=O)(=O)n2c(=O)n(C(C(=O)N3CCN(c4ccccc4)CC3)c3ccccc3)c3cc(Cl)ccc32)cc1. The number of amides is 1. The zero-order valence-corrected chi connectivity index (χ0v) is 24.9. The van der Waals surface area contributed by atoms with Gasteiger partial charge in [0.25, 0.3) is 15.9 Å². The van der Waals surface area contributed by atoms with Crippen LogP contribution in [0.2, 0.25) is 5.02 Å². The predicted octanol–water partition coefficient (Wildman–Crippen LogP) is 4.64. The number of carbonyl (C=O) groups is 1. The molecular formula is C32H29ClN4O5S. The number of piperazine rings is 1. The fourth-order valence-electron chi connectivity index (χ4n) is 5.53. The quantitative estimate of drug-likeness (QED) is 0.265. The number of anilines is 1. The lowest BCUT2D eigenvalue weighted by Gasteiger charge is -2.37. The Morgan fingerprint density at radius 2 is 1.44 bits per heavy atom. The maximum Gasteiger partial charge on any atom is 0.344 e. The summed E-state index contributed by atoms with van der Waals surface area (Å²) in [4.78, 5) is 32.5. The van der Waals surface area contributed by atoms with Gasteiger partial charge in [-0.2, -0.15) is 3.97 Å². The monoisotopic (exact) mass is 616 g/mol. The second-order valence-corrected chi connectivity index (χ2v) is 12.4. The van der Waals surface area contributed by atoms with E-state index in [2.05, 4.69) is 4.90 Å². The lowest BCUT2D eigenvalue weighted by molar-refractivity contribution is -0.133. The van der Waals surface area contributed by atoms with Crippen LogP contribution in [0.1, 0.15) is 11.6 Å². The van der Waals surface area contributed by atoms with E-state index < -0.39 is 21.8 Å². The second-order valence-electron chi connectivity index (χ2n) is 10.2. The van der Waals surface area contributed by atoms with Crippen molar-refractivity contribution in [2.75, 3.05) is 38.2 Å². The Labute approximate surface area is 254 Å². The third kappa shape index (κ3) is 5.28. The predicted molar refractivity (Wildman–Crippen MR) is 167 cm³/mol. The number of benzene rings is 4. The lowest BCUT2D eigenvalue weighted by Crippen LogP contribution is -2.51. The van der Waals surface area contributed by atoms with Crippen LogP contribution in [-0.2, 0) is 14.8 Å². The minimum atomic E-state index is -4.36. The Balaban J connectivity index is 1.47. The van der Waals surface area contributed by atoms with Gasteiger partial charge in [-0.1, -0.05) is 60.1 Å². The number of aromatic nitrogens is 2. The van der Waals surface area contributed by atoms with Gasteiger partial charge in [0.2, 0.25) is 0 Å². The van der Waals surface area contributed by atoms with Crippen LogP contribution in [0.4, 0.5) is 5.69 Å². The molecule has 0 aliphatic carbocycles. The van der Waals surface area contributed by atoms with Gasteiger partial charge >= 0.3 is 5.69 Å². The Morgan fingerprint density at radius 1 is 0.814 bits per heavy atom. The maximum atomic E-state index is 14.4. The van der Waals surface area contributed by atoms with Gasteiger partial charge in [0.1, 0.15) is 11.8 Å². The van der Waals surface area contributed by atoms with E-state index in [1.54, 1.807) is 29.2 Å². The molecule has 1 fully saturated rings. The van der Waals surface area contributed by atoms with Gasteiger partial charge in [0.05, 0.1) is 23.0 Å². The van der Waals surface area contributed by atoms with Crippen LogP contribution < -0.4 is 15.3 Å². The van der Waals surface area contributed by atoms with Crippen molar-refractivity contribution in [1.29, 1.82) is 0 Å². The van der Waals surface area contributed by atoms with Gasteiger partial charge in [0, 0.05) is 36.9 Å². The van der Waals surface area contributed by atoms with Crippen LogP contribution in [-0.4, -0.2) is 61.1 Å². The molecule has 5 aromatic rings. The third-order valence-corrected chi connectivity index (χ3v) is 9.65. The highest BCUT2D eigenvalue weighted by Gasteiger charge is 2.35. The topological polar surface area (TPSA) is 93.8 Å². The molecule has 0 N–H and O–H groups in total. The molecule has 1 atom stereocenters. The molecule has 43 heavy (non-hydrogen) atoms. The van der Waals surface area contributed by atoms with Crippen molar-refractivity contribution >= 4 is 44.3 Å². The highest BCUT2D eigenvalue weighted by Crippen LogP contribution is 2.30. The van der Waals surface area contributed by atoms with Crippen molar-refractivity contribution < 1.29 is 17.9 Å². The van der Waals surface area contributed by atoms with Crippen LogP contribution in [0.5, 0.6) is 5.75 Å². The van der Waals surface area contributed by atoms with Crippen molar-refractivity contribution in [1.82, 2.24) is 13.4 Å². The summed E-state index contributed by atoms with van der Waals surface area (Å²) in [7, 11) is -2.88. The van der Waals surface area contributed by atoms with Gasteiger partial charge in [0.15, 0.2) is 0 Å². The zero-order chi connectivity index (χ0) is 30.1. The second kappa shape index (κ2) is 11.6. The van der Waals surface area contributed by atoms with Crippen LogP contribution in [0, 0.1) is 0 Å². The van der Waals surface area contributed by atoms with E-state index >= 15 is 0 Å². The fourth-order valence-corrected chi connectivity index (χ4v) is 7.10. The van der Waals surface area contributed by atoms with Gasteiger partial charge in [-0.15, -0.1) is 0 Å². The average Bonchev–Trinajstić information content (AvgIpc) is 3.33. The summed E-state index contributed by atoms with van der Waals surface area (Å²) in [6.45, 7) is 2.11. The van der Waals surface area contributed by atoms with E-state index in [1.807, 2.05) is 36.4 Å². The number of ether oxygens (including phenoxy) is 1. The van der Waals surface area contributed by atoms with Crippen molar-refractivity contribution in [3.63, 3.8) is 0 Å². The molecule has 4 aromatic carbocycles. The molecule has 0 radical (unpaired) electrons. The van der Waals surface area contributed by atoms with Gasteiger partial charge < -0.3 is 14.5 Å². The molecule has 9 nitrogen and oxygen atoms in total. The number of imidazole rings is 1. The maximum absolute atomic E-state index is 14.4. The molecule has 1 saturated heterocycles. The van der Waals surface area contributed by atoms with E-state index in [0.717, 1.165) is 9.66 Å². The molecule has 0 spiro atoms. The van der Waals surface area contributed by atoms with Crippen molar-refractivity contribution in [3.05, 3.63) is 124 Å². The first-order valence-electron chi connectivity index (χ1n) is 13.8. The molecule has 1 aliphatic rings. The lowest BCUT2D eigenvalue weighted by atomic mass is 10.0. The summed E-state index contributed by atoms with van der Waals surface area (Å²) >= 11 is 6.38. The highest BCUT2D eigenvalue weighted by molar-refractivity contribution is 7.90. The molecule has 1 unspecified atom stereocenters. The Morgan fingerprint density at radius 3 is 2.07 bits per heavy atom. The van der Waals surface area contributed by atoms with Crippen LogP contribution >= 0.6 is 11.6 Å². The minimum absolute atomic E-state index is 0.0935. The van der Waals surface area contributed by atoms with Gasteiger partial charge in [-0.05, 0) is 60.2 Å². The number of carbonyl (C=O) groups excluding carboxylic acids is 1. The largest absolute Gasteiger partial charge is 0.497 e. The molecule has 220 valence electrons. The molecule has 1 aromatic heterocycles. The Hall–Kier alpha value is -4.54. The summed E-state index contributed by atoms with van der Waals surface area (Å²) < 4.78 is 35.1. The normalized spacial score (nSPS) is 14.6. The number of para-hydroxylation sites is 1. The summed E-state index contributed by atoms with van der Waals surface area (Å²) in [5, 5.41) is 0.302. The summed E-state index contributed by atoms with van der Waals surface area (Å²) in [5.74, 6) is 0.171. The zero-order valence-electron chi connectivity index (χ0n) is 23.3. The van der Waals surface area contributed by atoms with Crippen LogP contribution in [0.15, 0.2) is 113 Å². The number of methoxy groups -OCH3 is 1. The standard InChI is InChI=1S/C32H29ClN4O5S/c1-42-26-13-15-27(16-14-26)43(40,41)37-28-17-12-24(33)22-29(28)36(32(37)39)30(23-8-4-2-5-9-23)31(38)35-20-18-34(19-21-35)25-10-6-3-7-11-25/h2-17,22,30H,18-21H2,1H3. The third-order valence-electron chi connectivity index (χ3n) is 7.71. The first-order chi connectivity index (χ1) is 20.8. The number of halogens is 1. The van der Waals surface area contributed by atoms with E-state index in [4.69, 9.17) is 16.3 Å². The minimum Gasteiger partial charge on any atom is -0.497 e. The molecule has 1 amide bonds. The summed E-state index contributed by atoms with van der Waals surface area (Å²) in [6.07, 6.45) is 0. The highest BCUT2D eigenvalue weighted by atomic mass is 35.5. The number of hydrogen-bond donors (Lipinski definition) is 0. The first-order valence-corrected chi connectivity index (χ1v) is 15.6. The molecule has 11 heteroatoms. The average molecular weight is 617 g/mol. The van der Waals surface area contributed by atoms with Gasteiger partial charge in [-0.25, -0.2) is 13.2 Å². The summed E-state index contributed by atoms with van der Waals surface area (Å²) in [5.41, 5.74) is 1.12. The Bertz CT molecular complexity index is 1930. The molecule has 2 heterocycles. The molecule has 0 bridgehead atoms. The van der Waals surface area contributed by atoms with Crippen LogP contribution in [0.25, 0.3) is 11.0 Å². The van der Waals surface area contributed by atoms with E-state index in [1.165, 1.54) is 54.1 Å². The first kappa shape index (κ1) is 28.6. The van der Waals surface area contributed by atoms with Crippen LogP contribution in [0.3, 0.4) is 0 Å². The number of hydrogen-bond acceptors (Lipinski definition) is 6. The summed E-state index contributed by atoms with van der Waals surface area (Å²) in [6, 6.07) is 28.1. The number of rotatable bonds is 7. The molecular weight excluding hydrogens is 588 g/mol. The smallest absolute Gasteiger partial charge is 0.344 e. The molecule has 6 rings (SSSR count). The van der Waals surface area contributed by atoms with E-state index in [0.29, 0.717) is 42.5 Å². The number of nitrogens with zero attached hydrogens (tertiary/aromatic N) is 4. The molecule has 0 saturated carbocycles.